The third-order valence-corrected chi connectivity index (χ3v) is 5.82. The maximum Gasteiger partial charge on any atom is 0.326 e. The molecule has 0 radical (unpaired) electrons. The van der Waals surface area contributed by atoms with Gasteiger partial charge in [-0.3, -0.25) is 14.5 Å². The van der Waals surface area contributed by atoms with Crippen molar-refractivity contribution >= 4 is 29.2 Å². The number of hydrogen-bond donors (Lipinski definition) is 3. The van der Waals surface area contributed by atoms with Crippen molar-refractivity contribution in [2.24, 2.45) is 0 Å². The Morgan fingerprint density at radius 1 is 1.16 bits per heavy atom. The fourth-order valence-electron chi connectivity index (χ4n) is 3.23. The Hall–Kier alpha value is -2.82. The second kappa shape index (κ2) is 11.0. The van der Waals surface area contributed by atoms with Crippen LogP contribution in [0.1, 0.15) is 24.1 Å². The number of carboxylic acids is 2. The molecule has 2 aromatic rings. The molecule has 3 N–H and O–H groups in total. The second-order valence-corrected chi connectivity index (χ2v) is 8.16. The number of morpholine rings is 1. The van der Waals surface area contributed by atoms with Gasteiger partial charge < -0.3 is 20.3 Å². The van der Waals surface area contributed by atoms with Gasteiger partial charge in [0.15, 0.2) is 0 Å². The molecule has 2 heterocycles. The Balaban J connectivity index is 1.54. The van der Waals surface area contributed by atoms with Crippen molar-refractivity contribution in [1.82, 2.24) is 15.2 Å². The number of nitrogens with one attached hydrogen (secondary N) is 1. The van der Waals surface area contributed by atoms with E-state index in [-0.39, 0.29) is 19.3 Å². The Bertz CT molecular complexity index is 908. The molecule has 0 spiro atoms. The third kappa shape index (κ3) is 7.12. The van der Waals surface area contributed by atoms with Crippen molar-refractivity contribution in [3.05, 3.63) is 40.9 Å². The number of rotatable bonds is 10. The number of thiazole rings is 1. The molecule has 31 heavy (non-hydrogen) atoms. The van der Waals surface area contributed by atoms with Crippen LogP contribution in [0.3, 0.4) is 0 Å². The number of carboxylic acid groups (broad SMARTS) is 2. The molecule has 0 saturated carbocycles. The predicted molar refractivity (Wildman–Crippen MR) is 114 cm³/mol. The highest BCUT2D eigenvalue weighted by Gasteiger charge is 2.21. The molecule has 1 saturated heterocycles. The summed E-state index contributed by atoms with van der Waals surface area (Å²) in [5.74, 6) is -2.87. The Morgan fingerprint density at radius 3 is 2.52 bits per heavy atom. The summed E-state index contributed by atoms with van der Waals surface area (Å²) >= 11 is 1.41. The van der Waals surface area contributed by atoms with Crippen molar-refractivity contribution in [2.75, 3.05) is 26.3 Å². The standard InChI is InChI=1S/C21H25N3O6S/c25-18(23-17(21(28)29)5-6-19(26)27)11-16-13-31-20(22-16)15-3-1-14(2-4-15)12-24-7-9-30-10-8-24/h1-4,13,17H,5-12H2,(H,23,25)(H,26,27)(H,28,29). The van der Waals surface area contributed by atoms with Gasteiger partial charge in [0.05, 0.1) is 25.3 Å². The molecule has 0 bridgehead atoms. The van der Waals surface area contributed by atoms with E-state index in [1.54, 1.807) is 5.38 Å². The molecule has 1 atom stereocenters. The average molecular weight is 448 g/mol. The van der Waals surface area contributed by atoms with Gasteiger partial charge in [0.25, 0.3) is 0 Å². The van der Waals surface area contributed by atoms with Gasteiger partial charge in [0, 0.05) is 37.0 Å². The number of carbonyl (C=O) groups is 3. The normalized spacial score (nSPS) is 15.4. The molecule has 10 heteroatoms. The third-order valence-electron chi connectivity index (χ3n) is 4.88. The first-order valence-corrected chi connectivity index (χ1v) is 10.9. The minimum absolute atomic E-state index is 0.0670. The van der Waals surface area contributed by atoms with Crippen LogP contribution in [0.25, 0.3) is 10.6 Å². The number of ether oxygens (including phenoxy) is 1. The SMILES string of the molecule is O=C(O)CCC(NC(=O)Cc1csc(-c2ccc(CN3CCOCC3)cc2)n1)C(=O)O. The van der Waals surface area contributed by atoms with E-state index in [0.717, 1.165) is 43.4 Å². The van der Waals surface area contributed by atoms with E-state index in [2.05, 4.69) is 27.3 Å². The fourth-order valence-corrected chi connectivity index (χ4v) is 4.05. The summed E-state index contributed by atoms with van der Waals surface area (Å²) in [6, 6.07) is 6.91. The summed E-state index contributed by atoms with van der Waals surface area (Å²) in [6.07, 6.45) is -0.572. The van der Waals surface area contributed by atoms with E-state index >= 15 is 0 Å². The van der Waals surface area contributed by atoms with E-state index in [9.17, 15) is 14.4 Å². The first-order chi connectivity index (χ1) is 14.9. The molecule has 166 valence electrons. The number of amides is 1. The molecule has 3 rings (SSSR count). The van der Waals surface area contributed by atoms with Crippen LogP contribution in [0.2, 0.25) is 0 Å². The highest BCUT2D eigenvalue weighted by Crippen LogP contribution is 2.24. The van der Waals surface area contributed by atoms with Crippen LogP contribution in [0.15, 0.2) is 29.6 Å². The van der Waals surface area contributed by atoms with Crippen LogP contribution in [0.4, 0.5) is 0 Å². The molecule has 1 amide bonds. The lowest BCUT2D eigenvalue weighted by Gasteiger charge is -2.26. The van der Waals surface area contributed by atoms with Crippen LogP contribution in [-0.2, 0) is 32.1 Å². The summed E-state index contributed by atoms with van der Waals surface area (Å²) in [5, 5.41) is 22.8. The van der Waals surface area contributed by atoms with Crippen molar-refractivity contribution < 1.29 is 29.3 Å². The number of hydrogen-bond acceptors (Lipinski definition) is 7. The van der Waals surface area contributed by atoms with Crippen LogP contribution in [-0.4, -0.2) is 70.3 Å². The van der Waals surface area contributed by atoms with E-state index < -0.39 is 23.9 Å². The van der Waals surface area contributed by atoms with Crippen molar-refractivity contribution in [2.45, 2.75) is 31.8 Å². The van der Waals surface area contributed by atoms with Gasteiger partial charge in [-0.15, -0.1) is 11.3 Å². The number of aliphatic carboxylic acids is 2. The molecule has 1 aliphatic rings. The van der Waals surface area contributed by atoms with Gasteiger partial charge in [0.2, 0.25) is 5.91 Å². The summed E-state index contributed by atoms with van der Waals surface area (Å²) < 4.78 is 5.37. The van der Waals surface area contributed by atoms with Crippen molar-refractivity contribution in [3.63, 3.8) is 0 Å². The monoisotopic (exact) mass is 447 g/mol. The van der Waals surface area contributed by atoms with E-state index in [4.69, 9.17) is 14.9 Å². The Kier molecular flexibility index (Phi) is 8.10. The summed E-state index contributed by atoms with van der Waals surface area (Å²) in [6.45, 7) is 4.26. The molecular weight excluding hydrogens is 422 g/mol. The zero-order valence-corrected chi connectivity index (χ0v) is 17.8. The first kappa shape index (κ1) is 22.9. The molecular formula is C21H25N3O6S. The molecule has 1 aromatic heterocycles. The zero-order valence-electron chi connectivity index (χ0n) is 17.0. The summed E-state index contributed by atoms with van der Waals surface area (Å²) in [7, 11) is 0. The van der Waals surface area contributed by atoms with Gasteiger partial charge in [-0.1, -0.05) is 24.3 Å². The molecule has 1 aliphatic heterocycles. The number of nitrogens with zero attached hydrogens (tertiary/aromatic N) is 2. The van der Waals surface area contributed by atoms with Gasteiger partial charge in [0.1, 0.15) is 11.0 Å². The fraction of sp³-hybridized carbons (Fsp3) is 0.429. The largest absolute Gasteiger partial charge is 0.481 e. The van der Waals surface area contributed by atoms with Crippen molar-refractivity contribution in [3.8, 4) is 10.6 Å². The summed E-state index contributed by atoms with van der Waals surface area (Å²) in [4.78, 5) is 40.9. The Morgan fingerprint density at radius 2 is 1.87 bits per heavy atom. The number of benzene rings is 1. The van der Waals surface area contributed by atoms with E-state index in [1.165, 1.54) is 16.9 Å². The van der Waals surface area contributed by atoms with Gasteiger partial charge >= 0.3 is 11.9 Å². The van der Waals surface area contributed by atoms with E-state index in [0.29, 0.717) is 5.69 Å². The lowest BCUT2D eigenvalue weighted by atomic mass is 10.1. The summed E-state index contributed by atoms with van der Waals surface area (Å²) in [5.41, 5.74) is 2.70. The van der Waals surface area contributed by atoms with Crippen LogP contribution < -0.4 is 5.32 Å². The zero-order chi connectivity index (χ0) is 22.2. The molecule has 0 aliphatic carbocycles. The van der Waals surface area contributed by atoms with Gasteiger partial charge in [-0.05, 0) is 12.0 Å². The smallest absolute Gasteiger partial charge is 0.326 e. The average Bonchev–Trinajstić information content (AvgIpc) is 3.20. The molecule has 9 nitrogen and oxygen atoms in total. The highest BCUT2D eigenvalue weighted by atomic mass is 32.1. The topological polar surface area (TPSA) is 129 Å². The predicted octanol–water partition coefficient (Wildman–Crippen LogP) is 1.62. The molecule has 1 fully saturated rings. The van der Waals surface area contributed by atoms with Crippen molar-refractivity contribution in [1.29, 1.82) is 0 Å². The molecule has 1 aromatic carbocycles. The van der Waals surface area contributed by atoms with Crippen LogP contribution >= 0.6 is 11.3 Å². The Labute approximate surface area is 183 Å². The minimum atomic E-state index is -1.26. The first-order valence-electron chi connectivity index (χ1n) is 9.98. The van der Waals surface area contributed by atoms with Gasteiger partial charge in [-0.2, -0.15) is 0 Å². The van der Waals surface area contributed by atoms with Crippen LogP contribution in [0, 0.1) is 0 Å². The van der Waals surface area contributed by atoms with E-state index in [1.807, 2.05) is 12.1 Å². The molecule has 1 unspecified atom stereocenters. The second-order valence-electron chi connectivity index (χ2n) is 7.30. The number of carbonyl (C=O) groups excluding carboxylic acids is 1. The lowest BCUT2D eigenvalue weighted by molar-refractivity contribution is -0.143. The van der Waals surface area contributed by atoms with Gasteiger partial charge in [-0.25, -0.2) is 9.78 Å². The van der Waals surface area contributed by atoms with Crippen LogP contribution in [0.5, 0.6) is 0 Å². The highest BCUT2D eigenvalue weighted by molar-refractivity contribution is 7.13. The minimum Gasteiger partial charge on any atom is -0.481 e. The quantitative estimate of drug-likeness (QED) is 0.501. The maximum atomic E-state index is 12.2. The maximum absolute atomic E-state index is 12.2. The number of aromatic nitrogens is 1. The lowest BCUT2D eigenvalue weighted by Crippen LogP contribution is -2.41.